The van der Waals surface area contributed by atoms with E-state index in [9.17, 15) is 10.2 Å². The van der Waals surface area contributed by atoms with Crippen LogP contribution in [0.2, 0.25) is 0 Å². The molecule has 1 unspecified atom stereocenters. The van der Waals surface area contributed by atoms with Crippen LogP contribution in [0.15, 0.2) is 72.8 Å². The molecule has 27 heavy (non-hydrogen) atoms. The number of rotatable bonds is 4. The molecule has 2 nitrogen and oxygen atoms in total. The molecule has 0 bridgehead atoms. The van der Waals surface area contributed by atoms with Gasteiger partial charge in [-0.2, -0.15) is 0 Å². The molecule has 0 amide bonds. The highest BCUT2D eigenvalue weighted by atomic mass is 16.3. The van der Waals surface area contributed by atoms with Crippen LogP contribution in [0.3, 0.4) is 0 Å². The summed E-state index contributed by atoms with van der Waals surface area (Å²) in [4.78, 5) is 0. The zero-order valence-corrected chi connectivity index (χ0v) is 15.7. The van der Waals surface area contributed by atoms with Crippen molar-refractivity contribution >= 4 is 21.5 Å². The minimum absolute atomic E-state index is 0.294. The summed E-state index contributed by atoms with van der Waals surface area (Å²) in [6.07, 6.45) is 0.875. The zero-order chi connectivity index (χ0) is 19.0. The molecule has 0 aliphatic rings. The lowest BCUT2D eigenvalue weighted by Crippen LogP contribution is -2.10. The van der Waals surface area contributed by atoms with Gasteiger partial charge in [0.05, 0.1) is 0 Å². The third-order valence-electron chi connectivity index (χ3n) is 5.44. The van der Waals surface area contributed by atoms with Gasteiger partial charge < -0.3 is 10.2 Å². The van der Waals surface area contributed by atoms with Crippen LogP contribution in [0.5, 0.6) is 11.5 Å². The number of phenols is 2. The van der Waals surface area contributed by atoms with Crippen LogP contribution in [0.25, 0.3) is 21.5 Å². The molecule has 4 aromatic rings. The average Bonchev–Trinajstić information content (AvgIpc) is 2.65. The van der Waals surface area contributed by atoms with Crippen molar-refractivity contribution in [3.8, 4) is 11.5 Å². The van der Waals surface area contributed by atoms with Crippen LogP contribution in [-0.4, -0.2) is 10.2 Å². The maximum atomic E-state index is 10.4. The smallest absolute Gasteiger partial charge is 0.123 e. The molecule has 2 heteroatoms. The number of phenolic OH excluding ortho intramolecular Hbond substituents is 2. The number of hydrogen-bond donors (Lipinski definition) is 2. The van der Waals surface area contributed by atoms with Crippen molar-refractivity contribution in [1.82, 2.24) is 0 Å². The van der Waals surface area contributed by atoms with E-state index < -0.39 is 0 Å². The first-order valence-corrected chi connectivity index (χ1v) is 9.44. The molecule has 0 aliphatic heterocycles. The molecule has 0 spiro atoms. The first-order chi connectivity index (χ1) is 13.0. The molecule has 0 aromatic heterocycles. The summed E-state index contributed by atoms with van der Waals surface area (Å²) < 4.78 is 0. The zero-order valence-electron chi connectivity index (χ0n) is 15.7. The molecular weight excluding hydrogens is 332 g/mol. The topological polar surface area (TPSA) is 40.5 Å². The SMILES string of the molecule is CC(C)C(Cc1cc(O)c2ccccc2c1)c1ccc2cc(O)ccc2c1. The molecule has 4 aromatic carbocycles. The lowest BCUT2D eigenvalue weighted by Gasteiger charge is -2.22. The molecule has 2 N–H and O–H groups in total. The van der Waals surface area contributed by atoms with E-state index in [0.717, 1.165) is 33.5 Å². The highest BCUT2D eigenvalue weighted by Gasteiger charge is 2.18. The molecular formula is C25H24O2. The second-order valence-corrected chi connectivity index (χ2v) is 7.68. The molecule has 0 heterocycles. The summed E-state index contributed by atoms with van der Waals surface area (Å²) in [6.45, 7) is 4.49. The predicted octanol–water partition coefficient (Wildman–Crippen LogP) is 6.39. The normalized spacial score (nSPS) is 12.7. The monoisotopic (exact) mass is 356 g/mol. The second-order valence-electron chi connectivity index (χ2n) is 7.68. The molecule has 0 fully saturated rings. The van der Waals surface area contributed by atoms with E-state index in [1.165, 1.54) is 5.56 Å². The summed E-state index contributed by atoms with van der Waals surface area (Å²) >= 11 is 0. The van der Waals surface area contributed by atoms with Gasteiger partial charge in [-0.15, -0.1) is 0 Å². The van der Waals surface area contributed by atoms with Crippen molar-refractivity contribution in [3.05, 3.63) is 83.9 Å². The van der Waals surface area contributed by atoms with Crippen LogP contribution in [0.1, 0.15) is 30.9 Å². The van der Waals surface area contributed by atoms with E-state index in [4.69, 9.17) is 0 Å². The summed E-state index contributed by atoms with van der Waals surface area (Å²) in [5, 5.41) is 24.3. The Bertz CT molecular complexity index is 1110. The van der Waals surface area contributed by atoms with Crippen LogP contribution < -0.4 is 0 Å². The van der Waals surface area contributed by atoms with Crippen molar-refractivity contribution in [2.45, 2.75) is 26.2 Å². The molecule has 4 rings (SSSR count). The standard InChI is InChI=1S/C25H24O2/c1-16(2)24(21-8-7-19-15-22(26)10-9-18(19)14-21)12-17-11-20-5-3-4-6-23(20)25(27)13-17/h3-11,13-16,24,26-27H,12H2,1-2H3. The Morgan fingerprint density at radius 3 is 2.30 bits per heavy atom. The Hall–Kier alpha value is -3.00. The van der Waals surface area contributed by atoms with Crippen LogP contribution >= 0.6 is 0 Å². The molecule has 136 valence electrons. The largest absolute Gasteiger partial charge is 0.508 e. The fourth-order valence-electron chi connectivity index (χ4n) is 3.94. The van der Waals surface area contributed by atoms with Gasteiger partial charge in [-0.3, -0.25) is 0 Å². The third kappa shape index (κ3) is 3.48. The second kappa shape index (κ2) is 6.96. The number of hydrogen-bond acceptors (Lipinski definition) is 2. The number of benzene rings is 4. The van der Waals surface area contributed by atoms with Crippen molar-refractivity contribution < 1.29 is 10.2 Å². The molecule has 0 saturated carbocycles. The minimum Gasteiger partial charge on any atom is -0.508 e. The van der Waals surface area contributed by atoms with Crippen molar-refractivity contribution in [3.63, 3.8) is 0 Å². The summed E-state index contributed by atoms with van der Waals surface area (Å²) in [5.74, 6) is 1.46. The maximum Gasteiger partial charge on any atom is 0.123 e. The molecule has 0 aliphatic carbocycles. The summed E-state index contributed by atoms with van der Waals surface area (Å²) in [6, 6.07) is 24.0. The van der Waals surface area contributed by atoms with E-state index >= 15 is 0 Å². The maximum absolute atomic E-state index is 10.4. The van der Waals surface area contributed by atoms with Gasteiger partial charge >= 0.3 is 0 Å². The Morgan fingerprint density at radius 1 is 0.741 bits per heavy atom. The van der Waals surface area contributed by atoms with Gasteiger partial charge in [-0.05, 0) is 63.7 Å². The van der Waals surface area contributed by atoms with Gasteiger partial charge in [0, 0.05) is 5.39 Å². The van der Waals surface area contributed by atoms with E-state index in [2.05, 4.69) is 38.1 Å². The molecule has 1 atom stereocenters. The van der Waals surface area contributed by atoms with E-state index in [1.807, 2.05) is 36.4 Å². The Morgan fingerprint density at radius 2 is 1.48 bits per heavy atom. The highest BCUT2D eigenvalue weighted by molar-refractivity contribution is 5.88. The van der Waals surface area contributed by atoms with E-state index in [1.54, 1.807) is 12.1 Å². The lowest BCUT2D eigenvalue weighted by molar-refractivity contribution is 0.476. The fourth-order valence-corrected chi connectivity index (χ4v) is 3.94. The summed E-state index contributed by atoms with van der Waals surface area (Å²) in [5.41, 5.74) is 2.44. The first kappa shape index (κ1) is 17.4. The quantitative estimate of drug-likeness (QED) is 0.445. The van der Waals surface area contributed by atoms with Gasteiger partial charge in [-0.25, -0.2) is 0 Å². The number of aromatic hydroxyl groups is 2. The molecule has 0 saturated heterocycles. The lowest BCUT2D eigenvalue weighted by atomic mass is 9.82. The van der Waals surface area contributed by atoms with Crippen LogP contribution in [-0.2, 0) is 6.42 Å². The Labute approximate surface area is 159 Å². The number of fused-ring (bicyclic) bond motifs is 2. The van der Waals surface area contributed by atoms with Crippen molar-refractivity contribution in [2.24, 2.45) is 5.92 Å². The Balaban J connectivity index is 1.72. The minimum atomic E-state index is 0.294. The van der Waals surface area contributed by atoms with Gasteiger partial charge in [0.25, 0.3) is 0 Å². The fraction of sp³-hybridized carbons (Fsp3) is 0.200. The first-order valence-electron chi connectivity index (χ1n) is 9.44. The van der Waals surface area contributed by atoms with Crippen LogP contribution in [0.4, 0.5) is 0 Å². The molecule has 0 radical (unpaired) electrons. The van der Waals surface area contributed by atoms with Gasteiger partial charge in [0.1, 0.15) is 11.5 Å². The highest BCUT2D eigenvalue weighted by Crippen LogP contribution is 2.34. The van der Waals surface area contributed by atoms with Gasteiger partial charge in [-0.1, -0.05) is 68.4 Å². The Kier molecular flexibility index (Phi) is 4.49. The predicted molar refractivity (Wildman–Crippen MR) is 113 cm³/mol. The van der Waals surface area contributed by atoms with E-state index in [0.29, 0.717) is 23.3 Å². The average molecular weight is 356 g/mol. The van der Waals surface area contributed by atoms with Gasteiger partial charge in [0.2, 0.25) is 0 Å². The van der Waals surface area contributed by atoms with Crippen LogP contribution in [0, 0.1) is 5.92 Å². The van der Waals surface area contributed by atoms with E-state index in [-0.39, 0.29) is 0 Å². The van der Waals surface area contributed by atoms with Crippen molar-refractivity contribution in [1.29, 1.82) is 0 Å². The summed E-state index contributed by atoms with van der Waals surface area (Å²) in [7, 11) is 0. The van der Waals surface area contributed by atoms with Gasteiger partial charge in [0.15, 0.2) is 0 Å². The van der Waals surface area contributed by atoms with Crippen molar-refractivity contribution in [2.75, 3.05) is 0 Å². The third-order valence-corrected chi connectivity index (χ3v) is 5.44.